The van der Waals surface area contributed by atoms with Crippen LogP contribution >= 0.6 is 0 Å². The van der Waals surface area contributed by atoms with Gasteiger partial charge in [0.05, 0.1) is 13.3 Å². The van der Waals surface area contributed by atoms with Crippen molar-refractivity contribution >= 4 is 23.9 Å². The predicted octanol–water partition coefficient (Wildman–Crippen LogP) is 2.37. The topological polar surface area (TPSA) is 176 Å². The first-order chi connectivity index (χ1) is 20.6. The first-order valence-electron chi connectivity index (χ1n) is 13.8. The molecular weight excluding hydrogens is 564 g/mol. The first-order valence-corrected chi connectivity index (χ1v) is 13.8. The summed E-state index contributed by atoms with van der Waals surface area (Å²) in [5.74, 6) is -3.28. The minimum absolute atomic E-state index is 0.0621. The van der Waals surface area contributed by atoms with Crippen molar-refractivity contribution in [3.63, 3.8) is 0 Å². The van der Waals surface area contributed by atoms with E-state index in [1.165, 1.54) is 23.6 Å². The molecule has 0 radical (unpaired) electrons. The summed E-state index contributed by atoms with van der Waals surface area (Å²) in [6.07, 6.45) is 1.16. The second-order valence-corrected chi connectivity index (χ2v) is 9.89. The Bertz CT molecular complexity index is 1450. The Hall–Kier alpha value is -4.66. The van der Waals surface area contributed by atoms with Crippen LogP contribution in [0.25, 0.3) is 17.2 Å². The Labute approximate surface area is 247 Å². The van der Waals surface area contributed by atoms with Crippen molar-refractivity contribution in [2.45, 2.75) is 77.9 Å². The Morgan fingerprint density at radius 2 is 1.65 bits per heavy atom. The number of ether oxygens (including phenoxy) is 5. The molecular formula is C28H34N6O9. The zero-order valence-corrected chi connectivity index (χ0v) is 24.6. The van der Waals surface area contributed by atoms with Crippen LogP contribution in [-0.4, -0.2) is 85.7 Å². The van der Waals surface area contributed by atoms with Gasteiger partial charge in [-0.3, -0.25) is 14.4 Å². The fraction of sp³-hybridized carbons (Fsp3) is 0.500. The molecule has 0 unspecified atom stereocenters. The predicted molar refractivity (Wildman–Crippen MR) is 147 cm³/mol. The van der Waals surface area contributed by atoms with E-state index in [9.17, 15) is 19.2 Å². The molecule has 0 aliphatic carbocycles. The van der Waals surface area contributed by atoms with Gasteiger partial charge in [0, 0.05) is 26.3 Å². The van der Waals surface area contributed by atoms with Gasteiger partial charge in [-0.1, -0.05) is 49.2 Å². The summed E-state index contributed by atoms with van der Waals surface area (Å²) in [6.45, 7) is 5.35. The Morgan fingerprint density at radius 3 is 2.28 bits per heavy atom. The number of methoxy groups -OCH3 is 1. The molecule has 15 heteroatoms. The van der Waals surface area contributed by atoms with Crippen LogP contribution in [0.3, 0.4) is 0 Å². The number of nitrogens with zero attached hydrogens (tertiary/aromatic N) is 6. The van der Waals surface area contributed by atoms with E-state index in [1.54, 1.807) is 6.20 Å². The summed E-state index contributed by atoms with van der Waals surface area (Å²) in [6, 6.07) is 8.00. The van der Waals surface area contributed by atoms with E-state index < -0.39 is 48.4 Å². The van der Waals surface area contributed by atoms with Gasteiger partial charge >= 0.3 is 23.9 Å². The third-order valence-corrected chi connectivity index (χ3v) is 6.59. The van der Waals surface area contributed by atoms with E-state index in [0.29, 0.717) is 5.69 Å². The molecule has 230 valence electrons. The van der Waals surface area contributed by atoms with E-state index >= 15 is 0 Å². The molecule has 0 bridgehead atoms. The van der Waals surface area contributed by atoms with Gasteiger partial charge in [0.2, 0.25) is 5.82 Å². The van der Waals surface area contributed by atoms with E-state index in [2.05, 4.69) is 27.3 Å². The molecule has 0 N–H and O–H groups in total. The van der Waals surface area contributed by atoms with Crippen LogP contribution in [0, 0.1) is 0 Å². The van der Waals surface area contributed by atoms with Gasteiger partial charge in [-0.05, 0) is 18.4 Å². The van der Waals surface area contributed by atoms with Crippen molar-refractivity contribution in [2.75, 3.05) is 13.7 Å². The standard InChI is InChI=1S/C28H34N6O9/c1-6-7-8-9-19-10-12-20(13-11-19)21-14-33(32-30-21)28-29-25(27(38)39-5)34(31-28)26-24(42-18(4)37)23(41-17(3)36)22(43-26)15-40-16(2)35/h10-14,22-24,26H,6-9,15H2,1-5H3/t22-,23-,24-,26-/m1/s1. The SMILES string of the molecule is CCCCCc1ccc(-c2cn(-c3nc(C(=O)OC)n([C@@H]4O[C@H](COC(C)=O)[C@@H](OC(C)=O)[C@H]4OC(C)=O)n3)nn2)cc1. The average molecular weight is 599 g/mol. The zero-order valence-electron chi connectivity index (χ0n) is 24.6. The van der Waals surface area contributed by atoms with Gasteiger partial charge < -0.3 is 23.7 Å². The number of aryl methyl sites for hydroxylation is 1. The van der Waals surface area contributed by atoms with Gasteiger partial charge in [0.15, 0.2) is 18.4 Å². The normalized spacial score (nSPS) is 19.6. The Kier molecular flexibility index (Phi) is 10.2. The number of hydrogen-bond donors (Lipinski definition) is 0. The molecule has 1 aliphatic rings. The number of carbonyl (C=O) groups excluding carboxylic acids is 4. The highest BCUT2D eigenvalue weighted by molar-refractivity contribution is 5.85. The molecule has 4 atom stereocenters. The van der Waals surface area contributed by atoms with Crippen LogP contribution in [0.4, 0.5) is 0 Å². The molecule has 1 aromatic carbocycles. The van der Waals surface area contributed by atoms with Crippen LogP contribution in [-0.2, 0) is 44.5 Å². The molecule has 1 aliphatic heterocycles. The fourth-order valence-electron chi connectivity index (χ4n) is 4.62. The molecule has 0 spiro atoms. The number of unbranched alkanes of at least 4 members (excludes halogenated alkanes) is 2. The summed E-state index contributed by atoms with van der Waals surface area (Å²) in [7, 11) is 1.16. The largest absolute Gasteiger partial charge is 0.463 e. The lowest BCUT2D eigenvalue weighted by Gasteiger charge is -2.23. The number of hydrogen-bond acceptors (Lipinski definition) is 13. The number of esters is 4. The van der Waals surface area contributed by atoms with Crippen molar-refractivity contribution < 1.29 is 42.9 Å². The number of aromatic nitrogens is 6. The molecule has 43 heavy (non-hydrogen) atoms. The molecule has 4 rings (SSSR count). The third-order valence-electron chi connectivity index (χ3n) is 6.59. The monoisotopic (exact) mass is 598 g/mol. The summed E-state index contributed by atoms with van der Waals surface area (Å²) in [4.78, 5) is 52.5. The summed E-state index contributed by atoms with van der Waals surface area (Å²) in [5, 5.41) is 12.7. The van der Waals surface area contributed by atoms with Gasteiger partial charge in [-0.25, -0.2) is 9.48 Å². The number of benzene rings is 1. The molecule has 15 nitrogen and oxygen atoms in total. The highest BCUT2D eigenvalue weighted by atomic mass is 16.7. The van der Waals surface area contributed by atoms with E-state index in [1.807, 2.05) is 24.3 Å². The van der Waals surface area contributed by atoms with Gasteiger partial charge in [0.1, 0.15) is 18.4 Å². The van der Waals surface area contributed by atoms with E-state index in [0.717, 1.165) is 50.5 Å². The molecule has 3 aromatic rings. The maximum absolute atomic E-state index is 12.8. The van der Waals surface area contributed by atoms with Gasteiger partial charge in [0.25, 0.3) is 5.95 Å². The van der Waals surface area contributed by atoms with Crippen LogP contribution in [0.1, 0.15) is 69.4 Å². The fourth-order valence-corrected chi connectivity index (χ4v) is 4.62. The van der Waals surface area contributed by atoms with Crippen molar-refractivity contribution in [2.24, 2.45) is 0 Å². The lowest BCUT2D eigenvalue weighted by Crippen LogP contribution is -2.41. The van der Waals surface area contributed by atoms with Crippen LogP contribution in [0.5, 0.6) is 0 Å². The Morgan fingerprint density at radius 1 is 0.953 bits per heavy atom. The lowest BCUT2D eigenvalue weighted by atomic mass is 10.0. The van der Waals surface area contributed by atoms with Crippen LogP contribution < -0.4 is 0 Å². The zero-order chi connectivity index (χ0) is 31.1. The van der Waals surface area contributed by atoms with Gasteiger partial charge in [-0.2, -0.15) is 9.67 Å². The smallest absolute Gasteiger partial charge is 0.376 e. The highest BCUT2D eigenvalue weighted by Gasteiger charge is 2.52. The molecule has 3 heterocycles. The highest BCUT2D eigenvalue weighted by Crippen LogP contribution is 2.35. The van der Waals surface area contributed by atoms with Crippen LogP contribution in [0.2, 0.25) is 0 Å². The molecule has 1 saturated heterocycles. The minimum Gasteiger partial charge on any atom is -0.463 e. The quantitative estimate of drug-likeness (QED) is 0.169. The molecule has 2 aromatic heterocycles. The van der Waals surface area contributed by atoms with Crippen molar-refractivity contribution in [1.29, 1.82) is 0 Å². The lowest BCUT2D eigenvalue weighted by molar-refractivity contribution is -0.166. The van der Waals surface area contributed by atoms with Crippen LogP contribution in [0.15, 0.2) is 30.5 Å². The first kappa shape index (κ1) is 31.3. The average Bonchev–Trinajstić information content (AvgIpc) is 3.70. The van der Waals surface area contributed by atoms with E-state index in [4.69, 9.17) is 23.7 Å². The second kappa shape index (κ2) is 14.0. The van der Waals surface area contributed by atoms with E-state index in [-0.39, 0.29) is 18.4 Å². The number of carbonyl (C=O) groups is 4. The molecule has 1 fully saturated rings. The summed E-state index contributed by atoms with van der Waals surface area (Å²) < 4.78 is 29.1. The maximum atomic E-state index is 12.8. The maximum Gasteiger partial charge on any atom is 0.376 e. The minimum atomic E-state index is -1.33. The third kappa shape index (κ3) is 7.60. The Balaban J connectivity index is 1.67. The molecule has 0 saturated carbocycles. The summed E-state index contributed by atoms with van der Waals surface area (Å²) >= 11 is 0. The van der Waals surface area contributed by atoms with Gasteiger partial charge in [-0.15, -0.1) is 10.2 Å². The molecule has 0 amide bonds. The van der Waals surface area contributed by atoms with Crippen molar-refractivity contribution in [3.05, 3.63) is 41.9 Å². The summed E-state index contributed by atoms with van der Waals surface area (Å²) in [5.41, 5.74) is 2.60. The number of rotatable bonds is 12. The van der Waals surface area contributed by atoms with Crippen molar-refractivity contribution in [3.8, 4) is 17.2 Å². The second-order valence-electron chi connectivity index (χ2n) is 9.89. The van der Waals surface area contributed by atoms with Crippen molar-refractivity contribution in [1.82, 2.24) is 29.8 Å².